The minimum absolute atomic E-state index is 0.0337. The van der Waals surface area contributed by atoms with E-state index in [1.54, 1.807) is 6.07 Å². The highest BCUT2D eigenvalue weighted by Crippen LogP contribution is 2.40. The van der Waals surface area contributed by atoms with Gasteiger partial charge in [-0.25, -0.2) is 8.42 Å². The maximum atomic E-state index is 11.3. The topological polar surface area (TPSA) is 34.1 Å². The van der Waals surface area contributed by atoms with Crippen molar-refractivity contribution in [2.75, 3.05) is 11.5 Å². The van der Waals surface area contributed by atoms with Crippen LogP contribution in [0.1, 0.15) is 16.7 Å². The van der Waals surface area contributed by atoms with Crippen LogP contribution in [-0.2, 0) is 9.84 Å². The fourth-order valence-electron chi connectivity index (χ4n) is 1.76. The summed E-state index contributed by atoms with van der Waals surface area (Å²) >= 11 is 13.5. The zero-order valence-electron chi connectivity index (χ0n) is 7.82. The zero-order chi connectivity index (χ0) is 11.1. The summed E-state index contributed by atoms with van der Waals surface area (Å²) < 4.78 is 23.3. The third-order valence-electron chi connectivity index (χ3n) is 2.55. The first-order chi connectivity index (χ1) is 6.98. The fourth-order valence-corrected chi connectivity index (χ4v) is 5.26. The molecule has 2 heterocycles. The summed E-state index contributed by atoms with van der Waals surface area (Å²) in [7, 11) is -2.85. The lowest BCUT2D eigenvalue weighted by atomic mass is 10.0. The first kappa shape index (κ1) is 11.7. The van der Waals surface area contributed by atoms with Crippen molar-refractivity contribution >= 4 is 44.4 Å². The first-order valence-electron chi connectivity index (χ1n) is 4.58. The Labute approximate surface area is 103 Å². The predicted octanol–water partition coefficient (Wildman–Crippen LogP) is 3.12. The second-order valence-corrected chi connectivity index (χ2v) is 8.15. The van der Waals surface area contributed by atoms with Gasteiger partial charge in [0.25, 0.3) is 0 Å². The second kappa shape index (κ2) is 4.24. The van der Waals surface area contributed by atoms with Crippen molar-refractivity contribution in [2.24, 2.45) is 5.92 Å². The van der Waals surface area contributed by atoms with E-state index < -0.39 is 9.84 Å². The van der Waals surface area contributed by atoms with E-state index in [-0.39, 0.29) is 22.8 Å². The Morgan fingerprint density at radius 1 is 1.47 bits per heavy atom. The molecule has 0 amide bonds. The largest absolute Gasteiger partial charge is 0.229 e. The van der Waals surface area contributed by atoms with Crippen LogP contribution in [0.2, 0.25) is 4.34 Å². The molecule has 1 aliphatic heterocycles. The van der Waals surface area contributed by atoms with Crippen LogP contribution >= 0.6 is 34.5 Å². The highest BCUT2D eigenvalue weighted by molar-refractivity contribution is 7.91. The van der Waals surface area contributed by atoms with E-state index in [0.717, 1.165) is 4.88 Å². The molecular formula is C9H10Cl2O2S2. The highest BCUT2D eigenvalue weighted by Gasteiger charge is 2.34. The Hall–Kier alpha value is 0.230. The summed E-state index contributed by atoms with van der Waals surface area (Å²) in [5.41, 5.74) is 0. The Morgan fingerprint density at radius 2 is 2.20 bits per heavy atom. The lowest BCUT2D eigenvalue weighted by molar-refractivity contribution is 0.573. The van der Waals surface area contributed by atoms with E-state index in [1.165, 1.54) is 11.3 Å². The van der Waals surface area contributed by atoms with E-state index in [0.29, 0.717) is 10.8 Å². The number of rotatable bonds is 2. The van der Waals surface area contributed by atoms with E-state index in [4.69, 9.17) is 23.2 Å². The van der Waals surface area contributed by atoms with Gasteiger partial charge in [0.05, 0.1) is 21.2 Å². The van der Waals surface area contributed by atoms with Crippen LogP contribution in [0.25, 0.3) is 0 Å². The van der Waals surface area contributed by atoms with Gasteiger partial charge < -0.3 is 0 Å². The van der Waals surface area contributed by atoms with Crippen LogP contribution < -0.4 is 0 Å². The highest BCUT2D eigenvalue weighted by atomic mass is 35.5. The number of hydrogen-bond acceptors (Lipinski definition) is 3. The molecular weight excluding hydrogens is 275 g/mol. The van der Waals surface area contributed by atoms with E-state index in [2.05, 4.69) is 0 Å². The lowest BCUT2D eigenvalue weighted by Crippen LogP contribution is -2.09. The van der Waals surface area contributed by atoms with Crippen molar-refractivity contribution in [1.82, 2.24) is 0 Å². The van der Waals surface area contributed by atoms with Crippen molar-refractivity contribution in [1.29, 1.82) is 0 Å². The molecule has 0 bridgehead atoms. The van der Waals surface area contributed by atoms with Gasteiger partial charge in [-0.15, -0.1) is 22.9 Å². The third-order valence-corrected chi connectivity index (χ3v) is 6.38. The molecule has 84 valence electrons. The number of thiophene rings is 1. The van der Waals surface area contributed by atoms with Gasteiger partial charge in [0.1, 0.15) is 0 Å². The van der Waals surface area contributed by atoms with E-state index >= 15 is 0 Å². The number of alkyl halides is 1. The summed E-state index contributed by atoms with van der Waals surface area (Å²) in [4.78, 5) is 0.962. The van der Waals surface area contributed by atoms with Gasteiger partial charge >= 0.3 is 0 Å². The molecule has 0 radical (unpaired) electrons. The molecule has 0 aromatic carbocycles. The lowest BCUT2D eigenvalue weighted by Gasteiger charge is -2.13. The van der Waals surface area contributed by atoms with Crippen LogP contribution in [0, 0.1) is 5.92 Å². The van der Waals surface area contributed by atoms with Crippen molar-refractivity contribution in [3.05, 3.63) is 21.3 Å². The van der Waals surface area contributed by atoms with Gasteiger partial charge in [0.2, 0.25) is 0 Å². The minimum Gasteiger partial charge on any atom is -0.229 e. The molecule has 1 fully saturated rings. The van der Waals surface area contributed by atoms with Crippen LogP contribution in [0.4, 0.5) is 0 Å². The van der Waals surface area contributed by atoms with Gasteiger partial charge in [-0.3, -0.25) is 0 Å². The summed E-state index contributed by atoms with van der Waals surface area (Å²) in [6, 6.07) is 3.66. The van der Waals surface area contributed by atoms with Gasteiger partial charge in [-0.2, -0.15) is 0 Å². The number of halogens is 2. The molecule has 15 heavy (non-hydrogen) atoms. The fraction of sp³-hybridized carbons (Fsp3) is 0.556. The molecule has 1 aliphatic rings. The molecule has 2 nitrogen and oxygen atoms in total. The molecule has 2 atom stereocenters. The summed E-state index contributed by atoms with van der Waals surface area (Å²) in [6.07, 6.45) is 0.659. The molecule has 1 aromatic heterocycles. The molecule has 2 rings (SSSR count). The predicted molar refractivity (Wildman–Crippen MR) is 64.7 cm³/mol. The monoisotopic (exact) mass is 284 g/mol. The van der Waals surface area contributed by atoms with Crippen LogP contribution in [0.5, 0.6) is 0 Å². The molecule has 2 unspecified atom stereocenters. The van der Waals surface area contributed by atoms with Crippen LogP contribution in [-0.4, -0.2) is 19.9 Å². The first-order valence-corrected chi connectivity index (χ1v) is 8.03. The summed E-state index contributed by atoms with van der Waals surface area (Å²) in [6.45, 7) is 0. The van der Waals surface area contributed by atoms with E-state index in [9.17, 15) is 8.42 Å². The molecule has 0 N–H and O–H groups in total. The van der Waals surface area contributed by atoms with Gasteiger partial charge in [0.15, 0.2) is 9.84 Å². The smallest absolute Gasteiger partial charge is 0.150 e. The third kappa shape index (κ3) is 2.67. The zero-order valence-corrected chi connectivity index (χ0v) is 11.0. The minimum atomic E-state index is -2.85. The average Bonchev–Trinajstić information content (AvgIpc) is 2.71. The van der Waals surface area contributed by atoms with Crippen LogP contribution in [0.3, 0.4) is 0 Å². The Balaban J connectivity index is 2.13. The van der Waals surface area contributed by atoms with Crippen molar-refractivity contribution < 1.29 is 8.42 Å². The molecule has 0 spiro atoms. The maximum absolute atomic E-state index is 11.3. The van der Waals surface area contributed by atoms with E-state index in [1.807, 2.05) is 6.07 Å². The van der Waals surface area contributed by atoms with Crippen molar-refractivity contribution in [3.63, 3.8) is 0 Å². The van der Waals surface area contributed by atoms with Gasteiger partial charge in [-0.05, 0) is 24.5 Å². The SMILES string of the molecule is O=S1(=O)CCC(C(Cl)c2ccc(Cl)s2)C1. The number of sulfone groups is 1. The maximum Gasteiger partial charge on any atom is 0.150 e. The molecule has 6 heteroatoms. The quantitative estimate of drug-likeness (QED) is 0.782. The number of hydrogen-bond donors (Lipinski definition) is 0. The Bertz CT molecular complexity index is 452. The summed E-state index contributed by atoms with van der Waals surface area (Å²) in [5, 5.41) is -0.222. The van der Waals surface area contributed by atoms with Gasteiger partial charge in [0, 0.05) is 4.88 Å². The second-order valence-electron chi connectivity index (χ2n) is 3.71. The molecule has 0 aliphatic carbocycles. The standard InChI is InChI=1S/C9H10Cl2O2S2/c10-8-2-1-7(14-8)9(11)6-3-4-15(12,13)5-6/h1-2,6,9H,3-5H2. The van der Waals surface area contributed by atoms with Crippen molar-refractivity contribution in [3.8, 4) is 0 Å². The van der Waals surface area contributed by atoms with Gasteiger partial charge in [-0.1, -0.05) is 11.6 Å². The Kier molecular flexibility index (Phi) is 3.31. The normalized spacial score (nSPS) is 26.7. The summed E-state index contributed by atoms with van der Waals surface area (Å²) in [5.74, 6) is 0.503. The molecule has 0 saturated carbocycles. The average molecular weight is 285 g/mol. The Morgan fingerprint density at radius 3 is 2.67 bits per heavy atom. The van der Waals surface area contributed by atoms with Crippen LogP contribution in [0.15, 0.2) is 12.1 Å². The molecule has 1 aromatic rings. The molecule has 1 saturated heterocycles. The van der Waals surface area contributed by atoms with Crippen molar-refractivity contribution in [2.45, 2.75) is 11.8 Å².